The summed E-state index contributed by atoms with van der Waals surface area (Å²) in [6, 6.07) is 16.8. The van der Waals surface area contributed by atoms with E-state index in [-0.39, 0.29) is 6.42 Å². The average molecular weight is 281 g/mol. The second-order valence-electron chi connectivity index (χ2n) is 5.59. The maximum absolute atomic E-state index is 10.9. The van der Waals surface area contributed by atoms with Crippen LogP contribution in [-0.4, -0.2) is 17.1 Å². The van der Waals surface area contributed by atoms with Gasteiger partial charge >= 0.3 is 5.97 Å². The van der Waals surface area contributed by atoms with Crippen molar-refractivity contribution in [1.29, 1.82) is 0 Å². The summed E-state index contributed by atoms with van der Waals surface area (Å²) in [6.45, 7) is 0.724. The molecule has 1 aliphatic carbocycles. The second kappa shape index (κ2) is 6.10. The Morgan fingerprint density at radius 2 is 1.57 bits per heavy atom. The molecular weight excluding hydrogens is 262 g/mol. The summed E-state index contributed by atoms with van der Waals surface area (Å²) < 4.78 is 0. The van der Waals surface area contributed by atoms with Crippen molar-refractivity contribution in [2.24, 2.45) is 0 Å². The molecule has 2 aromatic carbocycles. The molecule has 0 spiro atoms. The van der Waals surface area contributed by atoms with Gasteiger partial charge in [0.1, 0.15) is 0 Å². The first-order chi connectivity index (χ1) is 10.2. The molecule has 3 rings (SSSR count). The lowest BCUT2D eigenvalue weighted by Crippen LogP contribution is -2.29. The number of nitrogens with one attached hydrogen (secondary N) is 1. The van der Waals surface area contributed by atoms with Crippen LogP contribution in [0.5, 0.6) is 0 Å². The van der Waals surface area contributed by atoms with Gasteiger partial charge in [-0.05, 0) is 35.1 Å². The van der Waals surface area contributed by atoms with Crippen LogP contribution in [-0.2, 0) is 30.6 Å². The highest BCUT2D eigenvalue weighted by molar-refractivity contribution is 5.70. The zero-order chi connectivity index (χ0) is 14.7. The van der Waals surface area contributed by atoms with Crippen molar-refractivity contribution < 1.29 is 9.90 Å². The smallest absolute Gasteiger partial charge is 0.307 e. The van der Waals surface area contributed by atoms with Gasteiger partial charge in [-0.1, -0.05) is 48.5 Å². The third kappa shape index (κ3) is 3.31. The molecule has 0 aliphatic heterocycles. The van der Waals surface area contributed by atoms with Crippen LogP contribution in [0, 0.1) is 0 Å². The standard InChI is InChI=1S/C18H19NO2/c20-18(21)11-15-7-3-4-8-16(15)12-19-17-9-13-5-1-2-6-14(13)10-17/h1-8,17,19H,9-12H2,(H,20,21). The molecule has 0 bridgehead atoms. The summed E-state index contributed by atoms with van der Waals surface area (Å²) in [5.41, 5.74) is 4.83. The Balaban J connectivity index is 1.63. The zero-order valence-electron chi connectivity index (χ0n) is 11.9. The van der Waals surface area contributed by atoms with E-state index < -0.39 is 5.97 Å². The van der Waals surface area contributed by atoms with Crippen molar-refractivity contribution in [1.82, 2.24) is 5.32 Å². The Bertz CT molecular complexity index is 626. The predicted octanol–water partition coefficient (Wildman–Crippen LogP) is 2.57. The first-order valence-electron chi connectivity index (χ1n) is 7.31. The molecule has 2 N–H and O–H groups in total. The Morgan fingerprint density at radius 3 is 2.19 bits per heavy atom. The second-order valence-corrected chi connectivity index (χ2v) is 5.59. The van der Waals surface area contributed by atoms with E-state index in [1.165, 1.54) is 11.1 Å². The van der Waals surface area contributed by atoms with E-state index in [0.29, 0.717) is 6.04 Å². The highest BCUT2D eigenvalue weighted by Gasteiger charge is 2.20. The number of rotatable bonds is 5. The van der Waals surface area contributed by atoms with Gasteiger partial charge in [0.25, 0.3) is 0 Å². The Hall–Kier alpha value is -2.13. The molecule has 0 atom stereocenters. The summed E-state index contributed by atoms with van der Waals surface area (Å²) in [5.74, 6) is -0.782. The number of carboxylic acid groups (broad SMARTS) is 1. The van der Waals surface area contributed by atoms with E-state index >= 15 is 0 Å². The van der Waals surface area contributed by atoms with Crippen molar-refractivity contribution in [2.75, 3.05) is 0 Å². The third-order valence-electron chi connectivity index (χ3n) is 4.09. The molecule has 21 heavy (non-hydrogen) atoms. The van der Waals surface area contributed by atoms with E-state index in [9.17, 15) is 4.79 Å². The highest BCUT2D eigenvalue weighted by atomic mass is 16.4. The number of carboxylic acids is 1. The van der Waals surface area contributed by atoms with Gasteiger partial charge in [0.2, 0.25) is 0 Å². The quantitative estimate of drug-likeness (QED) is 0.885. The zero-order valence-corrected chi connectivity index (χ0v) is 11.9. The lowest BCUT2D eigenvalue weighted by molar-refractivity contribution is -0.136. The molecule has 3 heteroatoms. The molecule has 0 fully saturated rings. The Labute approximate surface area is 124 Å². The van der Waals surface area contributed by atoms with Crippen molar-refractivity contribution >= 4 is 5.97 Å². The molecule has 0 amide bonds. The molecular formula is C18H19NO2. The van der Waals surface area contributed by atoms with E-state index in [0.717, 1.165) is 30.5 Å². The van der Waals surface area contributed by atoms with Crippen LogP contribution in [0.15, 0.2) is 48.5 Å². The van der Waals surface area contributed by atoms with E-state index in [4.69, 9.17) is 5.11 Å². The van der Waals surface area contributed by atoms with Crippen molar-refractivity contribution in [2.45, 2.75) is 31.8 Å². The summed E-state index contributed by atoms with van der Waals surface area (Å²) in [4.78, 5) is 10.9. The summed E-state index contributed by atoms with van der Waals surface area (Å²) in [5, 5.41) is 12.5. The fraction of sp³-hybridized carbons (Fsp3) is 0.278. The van der Waals surface area contributed by atoms with Gasteiger partial charge in [0.05, 0.1) is 6.42 Å². The predicted molar refractivity (Wildman–Crippen MR) is 82.3 cm³/mol. The average Bonchev–Trinajstić information content (AvgIpc) is 2.88. The van der Waals surface area contributed by atoms with Gasteiger partial charge in [-0.15, -0.1) is 0 Å². The number of carbonyl (C=O) groups is 1. The molecule has 0 saturated heterocycles. The summed E-state index contributed by atoms with van der Waals surface area (Å²) >= 11 is 0. The largest absolute Gasteiger partial charge is 0.481 e. The maximum atomic E-state index is 10.9. The minimum atomic E-state index is -0.782. The number of aliphatic carboxylic acids is 1. The molecule has 0 radical (unpaired) electrons. The van der Waals surface area contributed by atoms with Gasteiger partial charge in [-0.3, -0.25) is 4.79 Å². The highest BCUT2D eigenvalue weighted by Crippen LogP contribution is 2.22. The van der Waals surface area contributed by atoms with Crippen molar-refractivity contribution in [3.63, 3.8) is 0 Å². The molecule has 3 nitrogen and oxygen atoms in total. The lowest BCUT2D eigenvalue weighted by Gasteiger charge is -2.14. The SMILES string of the molecule is O=C(O)Cc1ccccc1CNC1Cc2ccccc2C1. The van der Waals surface area contributed by atoms with Crippen molar-refractivity contribution in [3.8, 4) is 0 Å². The normalized spacial score (nSPS) is 14.1. The Kier molecular flexibility index (Phi) is 4.02. The molecule has 1 aliphatic rings. The fourth-order valence-electron chi connectivity index (χ4n) is 3.02. The van der Waals surface area contributed by atoms with Crippen LogP contribution in [0.4, 0.5) is 0 Å². The van der Waals surface area contributed by atoms with E-state index in [2.05, 4.69) is 29.6 Å². The first-order valence-corrected chi connectivity index (χ1v) is 7.31. The number of fused-ring (bicyclic) bond motifs is 1. The maximum Gasteiger partial charge on any atom is 0.307 e. The molecule has 2 aromatic rings. The van der Waals surface area contributed by atoms with Crippen LogP contribution in [0.3, 0.4) is 0 Å². The van der Waals surface area contributed by atoms with E-state index in [1.807, 2.05) is 24.3 Å². The van der Waals surface area contributed by atoms with E-state index in [1.54, 1.807) is 0 Å². The number of hydrogen-bond acceptors (Lipinski definition) is 2. The van der Waals surface area contributed by atoms with Gasteiger partial charge in [0, 0.05) is 12.6 Å². The summed E-state index contributed by atoms with van der Waals surface area (Å²) in [6.07, 6.45) is 2.19. The van der Waals surface area contributed by atoms with Crippen LogP contribution in [0.25, 0.3) is 0 Å². The van der Waals surface area contributed by atoms with Gasteiger partial charge in [0.15, 0.2) is 0 Å². The molecule has 0 saturated carbocycles. The van der Waals surface area contributed by atoms with Gasteiger partial charge in [-0.25, -0.2) is 0 Å². The van der Waals surface area contributed by atoms with Gasteiger partial charge in [-0.2, -0.15) is 0 Å². The molecule has 0 unspecified atom stereocenters. The molecule has 108 valence electrons. The molecule has 0 heterocycles. The first kappa shape index (κ1) is 13.8. The van der Waals surface area contributed by atoms with Crippen LogP contribution < -0.4 is 5.32 Å². The molecule has 0 aromatic heterocycles. The van der Waals surface area contributed by atoms with Crippen LogP contribution >= 0.6 is 0 Å². The topological polar surface area (TPSA) is 49.3 Å². The van der Waals surface area contributed by atoms with Crippen LogP contribution in [0.2, 0.25) is 0 Å². The summed E-state index contributed by atoms with van der Waals surface area (Å²) in [7, 11) is 0. The van der Waals surface area contributed by atoms with Crippen molar-refractivity contribution in [3.05, 3.63) is 70.8 Å². The Morgan fingerprint density at radius 1 is 1.00 bits per heavy atom. The fourth-order valence-corrected chi connectivity index (χ4v) is 3.02. The lowest BCUT2D eigenvalue weighted by atomic mass is 10.0. The third-order valence-corrected chi connectivity index (χ3v) is 4.09. The van der Waals surface area contributed by atoms with Crippen LogP contribution in [0.1, 0.15) is 22.3 Å². The monoisotopic (exact) mass is 281 g/mol. The number of benzene rings is 2. The van der Waals surface area contributed by atoms with Gasteiger partial charge < -0.3 is 10.4 Å². The number of hydrogen-bond donors (Lipinski definition) is 2. The minimum absolute atomic E-state index is 0.0861. The minimum Gasteiger partial charge on any atom is -0.481 e.